The number of amides is 3. The first-order valence-corrected chi connectivity index (χ1v) is 9.03. The van der Waals surface area contributed by atoms with Crippen LogP contribution in [0.25, 0.3) is 0 Å². The molecule has 0 aromatic heterocycles. The van der Waals surface area contributed by atoms with Gasteiger partial charge in [0.25, 0.3) is 0 Å². The van der Waals surface area contributed by atoms with Crippen LogP contribution in [-0.4, -0.2) is 60.5 Å². The summed E-state index contributed by atoms with van der Waals surface area (Å²) in [4.78, 5) is 28.5. The Hall–Kier alpha value is -1.01. The Morgan fingerprint density at radius 3 is 2.58 bits per heavy atom. The van der Waals surface area contributed by atoms with Gasteiger partial charge in [0, 0.05) is 45.2 Å². The smallest absolute Gasteiger partial charge is 0.317 e. The van der Waals surface area contributed by atoms with Crippen molar-refractivity contribution in [3.63, 3.8) is 0 Å². The summed E-state index contributed by atoms with van der Waals surface area (Å²) >= 11 is 0. The van der Waals surface area contributed by atoms with E-state index in [-0.39, 0.29) is 36.3 Å². The number of urea groups is 1. The molecule has 2 aliphatic heterocycles. The number of halogens is 1. The molecule has 0 bridgehead atoms. The minimum absolute atomic E-state index is 0. The molecule has 7 heteroatoms. The third-order valence-corrected chi connectivity index (χ3v) is 4.90. The highest BCUT2D eigenvalue weighted by atomic mass is 35.5. The first-order chi connectivity index (χ1) is 11.0. The van der Waals surface area contributed by atoms with Crippen molar-refractivity contribution in [2.45, 2.75) is 52.0 Å². The molecule has 2 heterocycles. The molecule has 0 aromatic carbocycles. The summed E-state index contributed by atoms with van der Waals surface area (Å²) in [6, 6.07) is 0.230. The van der Waals surface area contributed by atoms with E-state index in [1.807, 2.05) is 9.80 Å². The van der Waals surface area contributed by atoms with E-state index in [1.54, 1.807) is 0 Å². The molecule has 2 aliphatic rings. The van der Waals surface area contributed by atoms with Gasteiger partial charge in [-0.05, 0) is 37.5 Å². The van der Waals surface area contributed by atoms with Gasteiger partial charge < -0.3 is 20.9 Å². The van der Waals surface area contributed by atoms with Crippen molar-refractivity contribution in [1.82, 2.24) is 15.1 Å². The van der Waals surface area contributed by atoms with Crippen molar-refractivity contribution in [1.29, 1.82) is 0 Å². The minimum Gasteiger partial charge on any atom is -0.338 e. The van der Waals surface area contributed by atoms with E-state index < -0.39 is 0 Å². The van der Waals surface area contributed by atoms with Gasteiger partial charge in [-0.3, -0.25) is 4.79 Å². The van der Waals surface area contributed by atoms with E-state index in [0.717, 1.165) is 38.8 Å². The van der Waals surface area contributed by atoms with Crippen molar-refractivity contribution in [2.75, 3.05) is 32.7 Å². The number of rotatable bonds is 5. The number of hydrogen-bond donors (Lipinski definition) is 2. The normalized spacial score (nSPS) is 24.0. The molecule has 0 aliphatic carbocycles. The van der Waals surface area contributed by atoms with E-state index in [9.17, 15) is 9.59 Å². The lowest BCUT2D eigenvalue weighted by Crippen LogP contribution is -2.47. The first-order valence-electron chi connectivity index (χ1n) is 9.03. The number of likely N-dealkylation sites (tertiary alicyclic amines) is 2. The molecule has 0 saturated carbocycles. The zero-order valence-electron chi connectivity index (χ0n) is 15.0. The maximum Gasteiger partial charge on any atom is 0.317 e. The van der Waals surface area contributed by atoms with Crippen LogP contribution in [0.15, 0.2) is 0 Å². The van der Waals surface area contributed by atoms with Crippen LogP contribution in [0.4, 0.5) is 4.79 Å². The van der Waals surface area contributed by atoms with E-state index in [4.69, 9.17) is 5.73 Å². The molecule has 0 spiro atoms. The SMILES string of the molecule is CC(C)CNC(=O)N1CCCC(CC(=O)N2CCCC2CN)C1.Cl. The van der Waals surface area contributed by atoms with Crippen LogP contribution in [0.5, 0.6) is 0 Å². The van der Waals surface area contributed by atoms with Gasteiger partial charge >= 0.3 is 6.03 Å². The van der Waals surface area contributed by atoms with Crippen molar-refractivity contribution >= 4 is 24.3 Å². The van der Waals surface area contributed by atoms with Crippen molar-refractivity contribution < 1.29 is 9.59 Å². The predicted molar refractivity (Wildman–Crippen MR) is 98.2 cm³/mol. The molecular weight excluding hydrogens is 328 g/mol. The van der Waals surface area contributed by atoms with Gasteiger partial charge in [0.05, 0.1) is 0 Å². The quantitative estimate of drug-likeness (QED) is 0.785. The predicted octanol–water partition coefficient (Wildman–Crippen LogP) is 1.83. The van der Waals surface area contributed by atoms with Gasteiger partial charge in [0.1, 0.15) is 0 Å². The molecule has 2 unspecified atom stereocenters. The second-order valence-electron chi connectivity index (χ2n) is 7.36. The zero-order chi connectivity index (χ0) is 16.8. The molecule has 2 fully saturated rings. The molecular formula is C17H33ClN4O2. The lowest BCUT2D eigenvalue weighted by molar-refractivity contribution is -0.133. The number of piperidine rings is 1. The number of nitrogens with one attached hydrogen (secondary N) is 1. The number of nitrogens with zero attached hydrogens (tertiary/aromatic N) is 2. The molecule has 140 valence electrons. The zero-order valence-corrected chi connectivity index (χ0v) is 15.8. The second-order valence-corrected chi connectivity index (χ2v) is 7.36. The van der Waals surface area contributed by atoms with Crippen molar-refractivity contribution in [3.8, 4) is 0 Å². The molecule has 24 heavy (non-hydrogen) atoms. The molecule has 3 N–H and O–H groups in total. The van der Waals surface area contributed by atoms with E-state index in [2.05, 4.69) is 19.2 Å². The fourth-order valence-electron chi connectivity index (χ4n) is 3.59. The number of carbonyl (C=O) groups excluding carboxylic acids is 2. The third kappa shape index (κ3) is 5.81. The van der Waals surface area contributed by atoms with Crippen LogP contribution in [0.3, 0.4) is 0 Å². The summed E-state index contributed by atoms with van der Waals surface area (Å²) in [5.41, 5.74) is 5.76. The molecule has 0 aromatic rings. The van der Waals surface area contributed by atoms with Gasteiger partial charge in [0.15, 0.2) is 0 Å². The molecule has 2 saturated heterocycles. The lowest BCUT2D eigenvalue weighted by atomic mass is 9.94. The maximum absolute atomic E-state index is 12.5. The summed E-state index contributed by atoms with van der Waals surface area (Å²) < 4.78 is 0. The van der Waals surface area contributed by atoms with Gasteiger partial charge in [-0.2, -0.15) is 0 Å². The van der Waals surface area contributed by atoms with E-state index >= 15 is 0 Å². The molecule has 0 radical (unpaired) electrons. The highest BCUT2D eigenvalue weighted by molar-refractivity contribution is 5.85. The number of hydrogen-bond acceptors (Lipinski definition) is 3. The topological polar surface area (TPSA) is 78.7 Å². The summed E-state index contributed by atoms with van der Waals surface area (Å²) in [6.07, 6.45) is 4.64. The Labute approximate surface area is 151 Å². The second kappa shape index (κ2) is 10.1. The van der Waals surface area contributed by atoms with Crippen LogP contribution < -0.4 is 11.1 Å². The molecule has 2 atom stereocenters. The Morgan fingerprint density at radius 1 is 1.21 bits per heavy atom. The largest absolute Gasteiger partial charge is 0.338 e. The highest BCUT2D eigenvalue weighted by Crippen LogP contribution is 2.24. The van der Waals surface area contributed by atoms with Crippen LogP contribution in [0.2, 0.25) is 0 Å². The Morgan fingerprint density at radius 2 is 1.92 bits per heavy atom. The Kier molecular flexibility index (Phi) is 8.84. The first kappa shape index (κ1) is 21.0. The van der Waals surface area contributed by atoms with Crippen LogP contribution in [0, 0.1) is 11.8 Å². The fraction of sp³-hybridized carbons (Fsp3) is 0.882. The Balaban J connectivity index is 0.00000288. The molecule has 2 rings (SSSR count). The monoisotopic (exact) mass is 360 g/mol. The van der Waals surface area contributed by atoms with Gasteiger partial charge in [0.2, 0.25) is 5.91 Å². The average molecular weight is 361 g/mol. The summed E-state index contributed by atoms with van der Waals surface area (Å²) in [5, 5.41) is 2.97. The lowest BCUT2D eigenvalue weighted by Gasteiger charge is -2.34. The minimum atomic E-state index is 0. The highest BCUT2D eigenvalue weighted by Gasteiger charge is 2.31. The van der Waals surface area contributed by atoms with E-state index in [0.29, 0.717) is 32.0 Å². The van der Waals surface area contributed by atoms with Crippen LogP contribution in [-0.2, 0) is 4.79 Å². The molecule has 3 amide bonds. The number of nitrogens with two attached hydrogens (primary N) is 1. The summed E-state index contributed by atoms with van der Waals surface area (Å²) in [6.45, 7) is 7.75. The van der Waals surface area contributed by atoms with Crippen molar-refractivity contribution in [3.05, 3.63) is 0 Å². The maximum atomic E-state index is 12.5. The number of carbonyl (C=O) groups is 2. The van der Waals surface area contributed by atoms with Gasteiger partial charge in [-0.25, -0.2) is 4.79 Å². The summed E-state index contributed by atoms with van der Waals surface area (Å²) in [7, 11) is 0. The molecule has 6 nitrogen and oxygen atoms in total. The van der Waals surface area contributed by atoms with Crippen LogP contribution in [0.1, 0.15) is 46.0 Å². The van der Waals surface area contributed by atoms with Crippen LogP contribution >= 0.6 is 12.4 Å². The standard InChI is InChI=1S/C17H32N4O2.ClH/c1-13(2)11-19-17(23)20-7-3-5-14(12-20)9-16(22)21-8-4-6-15(21)10-18;/h13-15H,3-12,18H2,1-2H3,(H,19,23);1H. The van der Waals surface area contributed by atoms with Gasteiger partial charge in [-0.1, -0.05) is 13.8 Å². The van der Waals surface area contributed by atoms with Gasteiger partial charge in [-0.15, -0.1) is 12.4 Å². The third-order valence-electron chi connectivity index (χ3n) is 4.90. The van der Waals surface area contributed by atoms with Crippen molar-refractivity contribution in [2.24, 2.45) is 17.6 Å². The average Bonchev–Trinajstić information content (AvgIpc) is 3.01. The fourth-order valence-corrected chi connectivity index (χ4v) is 3.59. The Bertz CT molecular complexity index is 419. The summed E-state index contributed by atoms with van der Waals surface area (Å²) in [5.74, 6) is 0.942. The van der Waals surface area contributed by atoms with E-state index in [1.165, 1.54) is 0 Å².